The van der Waals surface area contributed by atoms with Crippen LogP contribution in [0.15, 0.2) is 0 Å². The number of amides is 1. The molecule has 1 atom stereocenters. The zero-order chi connectivity index (χ0) is 12.9. The molecule has 3 heteroatoms. The van der Waals surface area contributed by atoms with Gasteiger partial charge in [0.2, 0.25) is 5.91 Å². The average Bonchev–Trinajstić information content (AvgIpc) is 2.26. The summed E-state index contributed by atoms with van der Waals surface area (Å²) in [5.41, 5.74) is 6.16. The fourth-order valence-electron chi connectivity index (χ4n) is 2.63. The minimum atomic E-state index is -0.345. The summed E-state index contributed by atoms with van der Waals surface area (Å²) < 4.78 is 0. The van der Waals surface area contributed by atoms with Crippen LogP contribution in [0, 0.1) is 11.3 Å². The van der Waals surface area contributed by atoms with E-state index in [4.69, 9.17) is 5.73 Å². The van der Waals surface area contributed by atoms with Crippen LogP contribution in [0.1, 0.15) is 59.3 Å². The van der Waals surface area contributed by atoms with Gasteiger partial charge in [-0.1, -0.05) is 40.0 Å². The summed E-state index contributed by atoms with van der Waals surface area (Å²) in [6.07, 6.45) is 7.16. The summed E-state index contributed by atoms with van der Waals surface area (Å²) in [4.78, 5) is 11.8. The van der Waals surface area contributed by atoms with Gasteiger partial charge in [0.1, 0.15) is 0 Å². The topological polar surface area (TPSA) is 55.1 Å². The van der Waals surface area contributed by atoms with Crippen LogP contribution in [-0.4, -0.2) is 18.5 Å². The predicted molar refractivity (Wildman–Crippen MR) is 71.6 cm³/mol. The van der Waals surface area contributed by atoms with E-state index in [0.717, 1.165) is 13.0 Å². The molecule has 1 aliphatic carbocycles. The normalized spacial score (nSPS) is 21.2. The molecular weight excluding hydrogens is 212 g/mol. The standard InChI is InChI=1S/C14H28N2O/c1-11(2)9-12(15)13(17)16-10-14(3)7-5-4-6-8-14/h11-12H,4-10,15H2,1-3H3,(H,16,17). The molecule has 0 bridgehead atoms. The molecule has 1 fully saturated rings. The van der Waals surface area contributed by atoms with E-state index in [2.05, 4.69) is 26.1 Å². The first-order valence-corrected chi connectivity index (χ1v) is 6.96. The smallest absolute Gasteiger partial charge is 0.236 e. The Hall–Kier alpha value is -0.570. The van der Waals surface area contributed by atoms with Crippen LogP contribution < -0.4 is 11.1 Å². The second kappa shape index (κ2) is 6.39. The molecule has 3 nitrogen and oxygen atoms in total. The van der Waals surface area contributed by atoms with E-state index in [0.29, 0.717) is 11.3 Å². The number of nitrogens with one attached hydrogen (secondary N) is 1. The van der Waals surface area contributed by atoms with E-state index < -0.39 is 0 Å². The Morgan fingerprint density at radius 3 is 2.41 bits per heavy atom. The number of nitrogens with two attached hydrogens (primary N) is 1. The number of carbonyl (C=O) groups excluding carboxylic acids is 1. The van der Waals surface area contributed by atoms with Gasteiger partial charge in [-0.3, -0.25) is 4.79 Å². The molecule has 0 aromatic carbocycles. The third-order valence-corrected chi connectivity index (χ3v) is 3.81. The van der Waals surface area contributed by atoms with Gasteiger partial charge in [0.15, 0.2) is 0 Å². The predicted octanol–water partition coefficient (Wildman–Crippen LogP) is 2.45. The van der Waals surface area contributed by atoms with Crippen molar-refractivity contribution in [1.82, 2.24) is 5.32 Å². The molecule has 3 N–H and O–H groups in total. The van der Waals surface area contributed by atoms with Crippen molar-refractivity contribution in [2.24, 2.45) is 17.1 Å². The van der Waals surface area contributed by atoms with Crippen molar-refractivity contribution >= 4 is 5.91 Å². The minimum Gasteiger partial charge on any atom is -0.354 e. The SMILES string of the molecule is CC(C)CC(N)C(=O)NCC1(C)CCCCC1. The van der Waals surface area contributed by atoms with Crippen LogP contribution in [-0.2, 0) is 4.79 Å². The fourth-order valence-corrected chi connectivity index (χ4v) is 2.63. The van der Waals surface area contributed by atoms with E-state index in [1.165, 1.54) is 32.1 Å². The molecule has 0 saturated heterocycles. The maximum atomic E-state index is 11.8. The molecule has 1 aliphatic rings. The molecule has 17 heavy (non-hydrogen) atoms. The largest absolute Gasteiger partial charge is 0.354 e. The molecule has 0 spiro atoms. The Morgan fingerprint density at radius 1 is 1.29 bits per heavy atom. The Morgan fingerprint density at radius 2 is 1.88 bits per heavy atom. The molecular formula is C14H28N2O. The Labute approximate surface area is 106 Å². The fraction of sp³-hybridized carbons (Fsp3) is 0.929. The second-order valence-corrected chi connectivity index (χ2v) is 6.33. The lowest BCUT2D eigenvalue weighted by Crippen LogP contribution is -2.45. The number of hydrogen-bond donors (Lipinski definition) is 2. The maximum Gasteiger partial charge on any atom is 0.236 e. The van der Waals surface area contributed by atoms with Crippen molar-refractivity contribution in [3.05, 3.63) is 0 Å². The van der Waals surface area contributed by atoms with Gasteiger partial charge in [-0.2, -0.15) is 0 Å². The lowest BCUT2D eigenvalue weighted by atomic mass is 9.75. The van der Waals surface area contributed by atoms with E-state index in [9.17, 15) is 4.79 Å². The van der Waals surface area contributed by atoms with Crippen molar-refractivity contribution in [3.8, 4) is 0 Å². The third kappa shape index (κ3) is 5.07. The van der Waals surface area contributed by atoms with Crippen molar-refractivity contribution in [1.29, 1.82) is 0 Å². The van der Waals surface area contributed by atoms with Gasteiger partial charge in [0, 0.05) is 6.54 Å². The second-order valence-electron chi connectivity index (χ2n) is 6.33. The van der Waals surface area contributed by atoms with Crippen LogP contribution >= 0.6 is 0 Å². The van der Waals surface area contributed by atoms with Gasteiger partial charge >= 0.3 is 0 Å². The molecule has 1 unspecified atom stereocenters. The van der Waals surface area contributed by atoms with Crippen molar-refractivity contribution < 1.29 is 4.79 Å². The van der Waals surface area contributed by atoms with Crippen LogP contribution in [0.4, 0.5) is 0 Å². The quantitative estimate of drug-likeness (QED) is 0.775. The van der Waals surface area contributed by atoms with Gasteiger partial charge in [-0.05, 0) is 30.6 Å². The summed E-state index contributed by atoms with van der Waals surface area (Å²) in [5.74, 6) is 0.492. The van der Waals surface area contributed by atoms with Crippen LogP contribution in [0.3, 0.4) is 0 Å². The van der Waals surface area contributed by atoms with Gasteiger partial charge in [-0.25, -0.2) is 0 Å². The van der Waals surface area contributed by atoms with Crippen molar-refractivity contribution in [3.63, 3.8) is 0 Å². The summed E-state index contributed by atoms with van der Waals surface area (Å²) in [7, 11) is 0. The summed E-state index contributed by atoms with van der Waals surface area (Å²) in [6.45, 7) is 7.25. The van der Waals surface area contributed by atoms with Gasteiger partial charge in [-0.15, -0.1) is 0 Å². The number of carbonyl (C=O) groups is 1. The molecule has 100 valence electrons. The maximum absolute atomic E-state index is 11.8. The van der Waals surface area contributed by atoms with Crippen molar-refractivity contribution in [2.45, 2.75) is 65.3 Å². The molecule has 0 aromatic rings. The highest BCUT2D eigenvalue weighted by molar-refractivity contribution is 5.81. The monoisotopic (exact) mass is 240 g/mol. The summed E-state index contributed by atoms with van der Waals surface area (Å²) in [6, 6.07) is -0.345. The molecule has 1 amide bonds. The van der Waals surface area contributed by atoms with Gasteiger partial charge in [0.25, 0.3) is 0 Å². The van der Waals surface area contributed by atoms with Crippen LogP contribution in [0.2, 0.25) is 0 Å². The Kier molecular flexibility index (Phi) is 5.44. The average molecular weight is 240 g/mol. The Balaban J connectivity index is 2.31. The first kappa shape index (κ1) is 14.5. The van der Waals surface area contributed by atoms with Gasteiger partial charge < -0.3 is 11.1 Å². The lowest BCUT2D eigenvalue weighted by Gasteiger charge is -2.34. The molecule has 0 heterocycles. The minimum absolute atomic E-state index is 0.0190. The zero-order valence-electron chi connectivity index (χ0n) is 11.6. The van der Waals surface area contributed by atoms with Gasteiger partial charge in [0.05, 0.1) is 6.04 Å². The highest BCUT2D eigenvalue weighted by atomic mass is 16.2. The molecule has 0 aliphatic heterocycles. The van der Waals surface area contributed by atoms with Crippen molar-refractivity contribution in [2.75, 3.05) is 6.54 Å². The molecule has 1 rings (SSSR count). The van der Waals surface area contributed by atoms with Crippen LogP contribution in [0.5, 0.6) is 0 Å². The first-order chi connectivity index (χ1) is 7.93. The van der Waals surface area contributed by atoms with E-state index in [1.54, 1.807) is 0 Å². The third-order valence-electron chi connectivity index (χ3n) is 3.81. The Bertz CT molecular complexity index is 245. The number of rotatable bonds is 5. The zero-order valence-corrected chi connectivity index (χ0v) is 11.6. The molecule has 0 radical (unpaired) electrons. The first-order valence-electron chi connectivity index (χ1n) is 6.96. The highest BCUT2D eigenvalue weighted by Gasteiger charge is 2.27. The summed E-state index contributed by atoms with van der Waals surface area (Å²) >= 11 is 0. The number of hydrogen-bond acceptors (Lipinski definition) is 2. The van der Waals surface area contributed by atoms with E-state index in [1.807, 2.05) is 0 Å². The van der Waals surface area contributed by atoms with E-state index >= 15 is 0 Å². The summed E-state index contributed by atoms with van der Waals surface area (Å²) in [5, 5.41) is 3.03. The molecule has 0 aromatic heterocycles. The van der Waals surface area contributed by atoms with Crippen LogP contribution in [0.25, 0.3) is 0 Å². The highest BCUT2D eigenvalue weighted by Crippen LogP contribution is 2.34. The lowest BCUT2D eigenvalue weighted by molar-refractivity contribution is -0.123. The molecule has 1 saturated carbocycles. The van der Waals surface area contributed by atoms with E-state index in [-0.39, 0.29) is 11.9 Å².